The SMILES string of the molecule is Cc1ccc(C)c(C(=O)[C@@H](C)OC(=O)c2ccc3c(c2)OCCO3)c1. The molecular weight excluding hydrogens is 320 g/mol. The first-order chi connectivity index (χ1) is 12.0. The Balaban J connectivity index is 1.74. The second-order valence-electron chi connectivity index (χ2n) is 6.09. The van der Waals surface area contributed by atoms with E-state index in [0.29, 0.717) is 35.8 Å². The topological polar surface area (TPSA) is 61.8 Å². The minimum Gasteiger partial charge on any atom is -0.486 e. The summed E-state index contributed by atoms with van der Waals surface area (Å²) in [6.07, 6.45) is -0.874. The lowest BCUT2D eigenvalue weighted by atomic mass is 9.99. The standard InChI is InChI=1S/C20H20O5/c1-12-4-5-13(2)16(10-12)19(21)14(3)25-20(22)15-6-7-17-18(11-15)24-9-8-23-17/h4-7,10-11,14H,8-9H2,1-3H3/t14-/m1/s1. The molecule has 5 heteroatoms. The Morgan fingerprint density at radius 2 is 1.72 bits per heavy atom. The third kappa shape index (κ3) is 3.65. The molecule has 0 unspecified atom stereocenters. The van der Waals surface area contributed by atoms with Gasteiger partial charge in [-0.05, 0) is 50.6 Å². The third-order valence-corrected chi connectivity index (χ3v) is 4.09. The molecule has 3 rings (SSSR count). The van der Waals surface area contributed by atoms with E-state index in [1.807, 2.05) is 32.0 Å². The molecule has 0 N–H and O–H groups in total. The van der Waals surface area contributed by atoms with Crippen LogP contribution in [-0.2, 0) is 4.74 Å². The molecule has 0 fully saturated rings. The van der Waals surface area contributed by atoms with Gasteiger partial charge in [0.2, 0.25) is 5.78 Å². The minimum atomic E-state index is -0.874. The highest BCUT2D eigenvalue weighted by atomic mass is 16.6. The molecule has 1 heterocycles. The van der Waals surface area contributed by atoms with Crippen LogP contribution in [0.5, 0.6) is 11.5 Å². The lowest BCUT2D eigenvalue weighted by Crippen LogP contribution is -2.25. The number of carbonyl (C=O) groups excluding carboxylic acids is 2. The summed E-state index contributed by atoms with van der Waals surface area (Å²) in [5.74, 6) is 0.326. The van der Waals surface area contributed by atoms with Crippen LogP contribution in [0.15, 0.2) is 36.4 Å². The van der Waals surface area contributed by atoms with Gasteiger partial charge in [-0.25, -0.2) is 4.79 Å². The maximum atomic E-state index is 12.6. The van der Waals surface area contributed by atoms with Crippen LogP contribution < -0.4 is 9.47 Å². The van der Waals surface area contributed by atoms with Crippen LogP contribution in [0.25, 0.3) is 0 Å². The maximum Gasteiger partial charge on any atom is 0.338 e. The maximum absolute atomic E-state index is 12.6. The molecule has 0 amide bonds. The molecule has 1 aliphatic heterocycles. The normalized spacial score (nSPS) is 13.9. The first-order valence-electron chi connectivity index (χ1n) is 8.18. The number of ketones is 1. The van der Waals surface area contributed by atoms with Crippen LogP contribution in [0.1, 0.15) is 38.8 Å². The fourth-order valence-corrected chi connectivity index (χ4v) is 2.67. The summed E-state index contributed by atoms with van der Waals surface area (Å²) in [5.41, 5.74) is 2.74. The molecule has 0 aliphatic carbocycles. The summed E-state index contributed by atoms with van der Waals surface area (Å²) < 4.78 is 16.2. The van der Waals surface area contributed by atoms with Gasteiger partial charge < -0.3 is 14.2 Å². The molecule has 1 atom stereocenters. The van der Waals surface area contributed by atoms with Crippen molar-refractivity contribution >= 4 is 11.8 Å². The third-order valence-electron chi connectivity index (χ3n) is 4.09. The molecule has 1 aliphatic rings. The molecule has 0 aromatic heterocycles. The Kier molecular flexibility index (Phi) is 4.74. The zero-order valence-electron chi connectivity index (χ0n) is 14.5. The number of rotatable bonds is 4. The van der Waals surface area contributed by atoms with E-state index in [-0.39, 0.29) is 5.78 Å². The van der Waals surface area contributed by atoms with Gasteiger partial charge in [0.1, 0.15) is 13.2 Å². The van der Waals surface area contributed by atoms with Crippen LogP contribution >= 0.6 is 0 Å². The van der Waals surface area contributed by atoms with Gasteiger partial charge in [0.05, 0.1) is 5.56 Å². The monoisotopic (exact) mass is 340 g/mol. The smallest absolute Gasteiger partial charge is 0.338 e. The van der Waals surface area contributed by atoms with Crippen molar-refractivity contribution in [3.8, 4) is 11.5 Å². The Labute approximate surface area is 146 Å². The molecule has 5 nitrogen and oxygen atoms in total. The highest BCUT2D eigenvalue weighted by molar-refractivity contribution is 6.02. The van der Waals surface area contributed by atoms with Crippen molar-refractivity contribution in [2.45, 2.75) is 26.9 Å². The molecule has 25 heavy (non-hydrogen) atoms. The minimum absolute atomic E-state index is 0.216. The van der Waals surface area contributed by atoms with Crippen molar-refractivity contribution in [3.63, 3.8) is 0 Å². The van der Waals surface area contributed by atoms with Gasteiger partial charge in [0.25, 0.3) is 0 Å². The van der Waals surface area contributed by atoms with Crippen molar-refractivity contribution in [2.75, 3.05) is 13.2 Å². The van der Waals surface area contributed by atoms with Gasteiger partial charge in [-0.15, -0.1) is 0 Å². The Morgan fingerprint density at radius 1 is 1.00 bits per heavy atom. The van der Waals surface area contributed by atoms with Gasteiger partial charge in [0, 0.05) is 5.56 Å². The first kappa shape index (κ1) is 17.0. The summed E-state index contributed by atoms with van der Waals surface area (Å²) in [6.45, 7) is 6.29. The van der Waals surface area contributed by atoms with E-state index >= 15 is 0 Å². The summed E-state index contributed by atoms with van der Waals surface area (Å²) in [6, 6.07) is 10.5. The van der Waals surface area contributed by atoms with E-state index in [2.05, 4.69) is 0 Å². The molecule has 2 aromatic rings. The van der Waals surface area contributed by atoms with Crippen LogP contribution in [0.2, 0.25) is 0 Å². The van der Waals surface area contributed by atoms with Crippen molar-refractivity contribution in [1.29, 1.82) is 0 Å². The Bertz CT molecular complexity index is 825. The highest BCUT2D eigenvalue weighted by Crippen LogP contribution is 2.31. The second kappa shape index (κ2) is 6.97. The van der Waals surface area contributed by atoms with Gasteiger partial charge in [-0.1, -0.05) is 17.7 Å². The van der Waals surface area contributed by atoms with Crippen LogP contribution in [-0.4, -0.2) is 31.1 Å². The predicted molar refractivity (Wildman–Crippen MR) is 92.6 cm³/mol. The number of benzene rings is 2. The molecule has 0 saturated heterocycles. The van der Waals surface area contributed by atoms with Crippen molar-refractivity contribution in [2.24, 2.45) is 0 Å². The number of ether oxygens (including phenoxy) is 3. The number of hydrogen-bond donors (Lipinski definition) is 0. The lowest BCUT2D eigenvalue weighted by molar-refractivity contribution is 0.0318. The van der Waals surface area contributed by atoms with Gasteiger partial charge in [-0.3, -0.25) is 4.79 Å². The number of hydrogen-bond acceptors (Lipinski definition) is 5. The summed E-state index contributed by atoms with van der Waals surface area (Å²) in [4.78, 5) is 25.0. The lowest BCUT2D eigenvalue weighted by Gasteiger charge is -2.19. The number of fused-ring (bicyclic) bond motifs is 1. The zero-order chi connectivity index (χ0) is 18.0. The molecule has 0 radical (unpaired) electrons. The van der Waals surface area contributed by atoms with E-state index in [1.165, 1.54) is 0 Å². The Morgan fingerprint density at radius 3 is 2.48 bits per heavy atom. The molecule has 130 valence electrons. The number of carbonyl (C=O) groups is 2. The quantitative estimate of drug-likeness (QED) is 0.630. The van der Waals surface area contributed by atoms with Gasteiger partial charge >= 0.3 is 5.97 Å². The number of Topliss-reactive ketones (excluding diaryl/α,β-unsaturated/α-hetero) is 1. The largest absolute Gasteiger partial charge is 0.486 e. The van der Waals surface area contributed by atoms with E-state index in [1.54, 1.807) is 25.1 Å². The average molecular weight is 340 g/mol. The van der Waals surface area contributed by atoms with E-state index in [4.69, 9.17) is 14.2 Å². The first-order valence-corrected chi connectivity index (χ1v) is 8.18. The molecule has 0 spiro atoms. The van der Waals surface area contributed by atoms with Crippen molar-refractivity contribution in [3.05, 3.63) is 58.7 Å². The fraction of sp³-hybridized carbons (Fsp3) is 0.300. The van der Waals surface area contributed by atoms with E-state index in [9.17, 15) is 9.59 Å². The van der Waals surface area contributed by atoms with Gasteiger partial charge in [0.15, 0.2) is 17.6 Å². The van der Waals surface area contributed by atoms with Crippen molar-refractivity contribution in [1.82, 2.24) is 0 Å². The molecule has 0 saturated carbocycles. The molecule has 2 aromatic carbocycles. The van der Waals surface area contributed by atoms with Crippen molar-refractivity contribution < 1.29 is 23.8 Å². The highest BCUT2D eigenvalue weighted by Gasteiger charge is 2.23. The second-order valence-corrected chi connectivity index (χ2v) is 6.09. The molecular formula is C20H20O5. The number of esters is 1. The van der Waals surface area contributed by atoms with E-state index < -0.39 is 12.1 Å². The summed E-state index contributed by atoms with van der Waals surface area (Å²) in [7, 11) is 0. The van der Waals surface area contributed by atoms with Crippen LogP contribution in [0.4, 0.5) is 0 Å². The Hall–Kier alpha value is -2.82. The fourth-order valence-electron chi connectivity index (χ4n) is 2.67. The van der Waals surface area contributed by atoms with Crippen LogP contribution in [0, 0.1) is 13.8 Å². The summed E-state index contributed by atoms with van der Waals surface area (Å²) >= 11 is 0. The van der Waals surface area contributed by atoms with E-state index in [0.717, 1.165) is 11.1 Å². The predicted octanol–water partition coefficient (Wildman–Crippen LogP) is 3.50. The number of aryl methyl sites for hydroxylation is 2. The van der Waals surface area contributed by atoms with Gasteiger partial charge in [-0.2, -0.15) is 0 Å². The summed E-state index contributed by atoms with van der Waals surface area (Å²) in [5, 5.41) is 0. The average Bonchev–Trinajstić information content (AvgIpc) is 2.62. The zero-order valence-corrected chi connectivity index (χ0v) is 14.5. The van der Waals surface area contributed by atoms with Crippen LogP contribution in [0.3, 0.4) is 0 Å². The molecule has 0 bridgehead atoms.